The van der Waals surface area contributed by atoms with E-state index < -0.39 is 0 Å². The first-order valence-corrected chi connectivity index (χ1v) is 7.66. The van der Waals surface area contributed by atoms with E-state index in [0.717, 1.165) is 42.1 Å². The standard InChI is InChI=1S/C15H16BrN3/c16-11-1-2-12-10(6-11)7-13-15(12)19-14(18-13)5-9-3-4-17-8-9/h1-2,6,9,17H,3-5,7-8H2,(H,18,19). The summed E-state index contributed by atoms with van der Waals surface area (Å²) in [7, 11) is 0. The normalized spacial score (nSPS) is 20.6. The molecule has 0 saturated carbocycles. The van der Waals surface area contributed by atoms with Crippen molar-refractivity contribution in [1.29, 1.82) is 0 Å². The van der Waals surface area contributed by atoms with Crippen molar-refractivity contribution in [3.8, 4) is 11.3 Å². The number of benzene rings is 1. The van der Waals surface area contributed by atoms with E-state index in [4.69, 9.17) is 4.98 Å². The lowest BCUT2D eigenvalue weighted by molar-refractivity contribution is 0.564. The van der Waals surface area contributed by atoms with Crippen molar-refractivity contribution in [1.82, 2.24) is 15.3 Å². The summed E-state index contributed by atoms with van der Waals surface area (Å²) in [5.41, 5.74) is 5.12. The minimum atomic E-state index is 0.746. The zero-order chi connectivity index (χ0) is 12.8. The first-order chi connectivity index (χ1) is 9.29. The Balaban J connectivity index is 1.63. The third kappa shape index (κ3) is 2.03. The van der Waals surface area contributed by atoms with Gasteiger partial charge >= 0.3 is 0 Å². The van der Waals surface area contributed by atoms with E-state index in [2.05, 4.69) is 44.4 Å². The number of H-pyrrole nitrogens is 1. The lowest BCUT2D eigenvalue weighted by Gasteiger charge is -2.05. The molecule has 1 atom stereocenters. The molecule has 98 valence electrons. The summed E-state index contributed by atoms with van der Waals surface area (Å²) in [4.78, 5) is 8.36. The molecule has 1 aliphatic carbocycles. The maximum Gasteiger partial charge on any atom is 0.107 e. The van der Waals surface area contributed by atoms with Crippen LogP contribution in [0, 0.1) is 5.92 Å². The van der Waals surface area contributed by atoms with Gasteiger partial charge in [0.05, 0.1) is 5.69 Å². The van der Waals surface area contributed by atoms with Gasteiger partial charge in [-0.3, -0.25) is 0 Å². The first kappa shape index (κ1) is 11.7. The molecule has 4 heteroatoms. The number of hydrogen-bond acceptors (Lipinski definition) is 2. The molecule has 1 aromatic heterocycles. The second kappa shape index (κ2) is 4.46. The summed E-state index contributed by atoms with van der Waals surface area (Å²) >= 11 is 3.53. The number of halogens is 1. The van der Waals surface area contributed by atoms with Gasteiger partial charge in [0.15, 0.2) is 0 Å². The van der Waals surface area contributed by atoms with Crippen LogP contribution in [0.1, 0.15) is 23.5 Å². The maximum absolute atomic E-state index is 4.83. The summed E-state index contributed by atoms with van der Waals surface area (Å²) in [5, 5.41) is 3.42. The van der Waals surface area contributed by atoms with Gasteiger partial charge in [0.2, 0.25) is 0 Å². The van der Waals surface area contributed by atoms with E-state index in [1.165, 1.54) is 28.9 Å². The lowest BCUT2D eigenvalue weighted by atomic mass is 10.0. The number of nitrogens with one attached hydrogen (secondary N) is 2. The SMILES string of the molecule is Brc1ccc2c(c1)Cc1[nH]c(CC3CCNC3)nc1-2. The maximum atomic E-state index is 4.83. The highest BCUT2D eigenvalue weighted by atomic mass is 79.9. The van der Waals surface area contributed by atoms with Gasteiger partial charge in [-0.15, -0.1) is 0 Å². The Morgan fingerprint density at radius 3 is 3.16 bits per heavy atom. The first-order valence-electron chi connectivity index (χ1n) is 6.87. The fraction of sp³-hybridized carbons (Fsp3) is 0.400. The van der Waals surface area contributed by atoms with Gasteiger partial charge in [0, 0.05) is 28.6 Å². The van der Waals surface area contributed by atoms with Crippen molar-refractivity contribution < 1.29 is 0 Å². The second-order valence-corrected chi connectivity index (χ2v) is 6.47. The van der Waals surface area contributed by atoms with Crippen molar-refractivity contribution in [2.24, 2.45) is 5.92 Å². The quantitative estimate of drug-likeness (QED) is 0.763. The molecule has 2 aliphatic rings. The van der Waals surface area contributed by atoms with Gasteiger partial charge in [0.1, 0.15) is 5.82 Å². The van der Waals surface area contributed by atoms with Crippen molar-refractivity contribution in [3.63, 3.8) is 0 Å². The molecular formula is C15H16BrN3. The van der Waals surface area contributed by atoms with Gasteiger partial charge in [-0.05, 0) is 43.1 Å². The van der Waals surface area contributed by atoms with E-state index in [1.54, 1.807) is 0 Å². The van der Waals surface area contributed by atoms with Crippen LogP contribution in [0.5, 0.6) is 0 Å². The monoisotopic (exact) mass is 317 g/mol. The van der Waals surface area contributed by atoms with Crippen LogP contribution in [-0.2, 0) is 12.8 Å². The number of nitrogens with zero attached hydrogens (tertiary/aromatic N) is 1. The topological polar surface area (TPSA) is 40.7 Å². The molecular weight excluding hydrogens is 302 g/mol. The van der Waals surface area contributed by atoms with Crippen LogP contribution in [0.3, 0.4) is 0 Å². The van der Waals surface area contributed by atoms with Crippen LogP contribution < -0.4 is 5.32 Å². The molecule has 1 aliphatic heterocycles. The number of aromatic amines is 1. The highest BCUT2D eigenvalue weighted by molar-refractivity contribution is 9.10. The van der Waals surface area contributed by atoms with E-state index in [1.807, 2.05) is 0 Å². The highest BCUT2D eigenvalue weighted by Crippen LogP contribution is 2.36. The molecule has 2 N–H and O–H groups in total. The Kier molecular flexibility index (Phi) is 2.74. The molecule has 0 bridgehead atoms. The molecule has 19 heavy (non-hydrogen) atoms. The highest BCUT2D eigenvalue weighted by Gasteiger charge is 2.24. The third-order valence-corrected chi connectivity index (χ3v) is 4.66. The van der Waals surface area contributed by atoms with Crippen molar-refractivity contribution in [2.45, 2.75) is 19.3 Å². The largest absolute Gasteiger partial charge is 0.345 e. The Morgan fingerprint density at radius 2 is 2.32 bits per heavy atom. The van der Waals surface area contributed by atoms with Crippen LogP contribution >= 0.6 is 15.9 Å². The summed E-state index contributed by atoms with van der Waals surface area (Å²) in [5.74, 6) is 1.91. The fourth-order valence-electron chi connectivity index (χ4n) is 3.20. The molecule has 1 unspecified atom stereocenters. The van der Waals surface area contributed by atoms with Crippen LogP contribution in [0.2, 0.25) is 0 Å². The van der Waals surface area contributed by atoms with Gasteiger partial charge in [0.25, 0.3) is 0 Å². The Bertz CT molecular complexity index is 626. The molecule has 3 nitrogen and oxygen atoms in total. The van der Waals surface area contributed by atoms with E-state index >= 15 is 0 Å². The molecule has 2 aromatic rings. The number of imidazole rings is 1. The van der Waals surface area contributed by atoms with E-state index in [9.17, 15) is 0 Å². The van der Waals surface area contributed by atoms with E-state index in [-0.39, 0.29) is 0 Å². The molecule has 1 fully saturated rings. The fourth-order valence-corrected chi connectivity index (χ4v) is 3.61. The van der Waals surface area contributed by atoms with Crippen LogP contribution in [-0.4, -0.2) is 23.1 Å². The van der Waals surface area contributed by atoms with Crippen LogP contribution in [0.4, 0.5) is 0 Å². The summed E-state index contributed by atoms with van der Waals surface area (Å²) < 4.78 is 1.15. The van der Waals surface area contributed by atoms with Crippen molar-refractivity contribution in [2.75, 3.05) is 13.1 Å². The predicted molar refractivity (Wildman–Crippen MR) is 79.2 cm³/mol. The van der Waals surface area contributed by atoms with Crippen LogP contribution in [0.15, 0.2) is 22.7 Å². The minimum absolute atomic E-state index is 0.746. The number of hydrogen-bond donors (Lipinski definition) is 2. The Labute approximate surface area is 121 Å². The number of fused-ring (bicyclic) bond motifs is 3. The zero-order valence-electron chi connectivity index (χ0n) is 10.7. The summed E-state index contributed by atoms with van der Waals surface area (Å²) in [6, 6.07) is 6.47. The van der Waals surface area contributed by atoms with Gasteiger partial charge in [-0.1, -0.05) is 22.0 Å². The number of rotatable bonds is 2. The average Bonchev–Trinajstić information content (AvgIpc) is 3.05. The Hall–Kier alpha value is -1.13. The van der Waals surface area contributed by atoms with Gasteiger partial charge in [-0.25, -0.2) is 4.98 Å². The van der Waals surface area contributed by atoms with Gasteiger partial charge in [-0.2, -0.15) is 0 Å². The molecule has 1 saturated heterocycles. The molecule has 4 rings (SSSR count). The molecule has 1 aromatic carbocycles. The van der Waals surface area contributed by atoms with E-state index in [0.29, 0.717) is 0 Å². The third-order valence-electron chi connectivity index (χ3n) is 4.16. The van der Waals surface area contributed by atoms with Crippen molar-refractivity contribution in [3.05, 3.63) is 39.8 Å². The molecule has 0 spiro atoms. The Morgan fingerprint density at radius 1 is 1.37 bits per heavy atom. The second-order valence-electron chi connectivity index (χ2n) is 5.55. The minimum Gasteiger partial charge on any atom is -0.345 e. The summed E-state index contributed by atoms with van der Waals surface area (Å²) in [6.45, 7) is 2.29. The number of aromatic nitrogens is 2. The summed E-state index contributed by atoms with van der Waals surface area (Å²) in [6.07, 6.45) is 3.33. The molecule has 0 amide bonds. The lowest BCUT2D eigenvalue weighted by Crippen LogP contribution is -2.11. The van der Waals surface area contributed by atoms with Gasteiger partial charge < -0.3 is 10.3 Å². The zero-order valence-corrected chi connectivity index (χ0v) is 12.3. The van der Waals surface area contributed by atoms with Crippen LogP contribution in [0.25, 0.3) is 11.3 Å². The average molecular weight is 318 g/mol. The molecule has 0 radical (unpaired) electrons. The van der Waals surface area contributed by atoms with Crippen molar-refractivity contribution >= 4 is 15.9 Å². The smallest absolute Gasteiger partial charge is 0.107 e. The molecule has 2 heterocycles. The predicted octanol–water partition coefficient (Wildman–Crippen LogP) is 2.90.